The molecule has 0 aliphatic rings. The van der Waals surface area contributed by atoms with Crippen LogP contribution in [0.5, 0.6) is 0 Å². The molecule has 2 heterocycles. The molecule has 114 valence electrons. The highest BCUT2D eigenvalue weighted by Crippen LogP contribution is 2.30. The molecule has 2 N–H and O–H groups in total. The Bertz CT molecular complexity index is 772. The Morgan fingerprint density at radius 3 is 2.91 bits per heavy atom. The predicted octanol–water partition coefficient (Wildman–Crippen LogP) is 2.72. The van der Waals surface area contributed by atoms with E-state index >= 15 is 0 Å². The molecule has 22 heavy (non-hydrogen) atoms. The van der Waals surface area contributed by atoms with Crippen LogP contribution in [0.1, 0.15) is 10.4 Å². The van der Waals surface area contributed by atoms with Gasteiger partial charge in [-0.1, -0.05) is 0 Å². The summed E-state index contributed by atoms with van der Waals surface area (Å²) in [4.78, 5) is 17.5. The van der Waals surface area contributed by atoms with Gasteiger partial charge in [-0.3, -0.25) is 4.79 Å². The normalized spacial score (nSPS) is 11.2. The highest BCUT2D eigenvalue weighted by molar-refractivity contribution is 6.03. The van der Waals surface area contributed by atoms with Crippen molar-refractivity contribution in [3.05, 3.63) is 48.4 Å². The Hall–Kier alpha value is -2.53. The summed E-state index contributed by atoms with van der Waals surface area (Å²) in [5.41, 5.74) is 2.47. The van der Waals surface area contributed by atoms with Crippen molar-refractivity contribution in [3.63, 3.8) is 0 Å². The quantitative estimate of drug-likeness (QED) is 0.761. The third-order valence-corrected chi connectivity index (χ3v) is 3.56. The van der Waals surface area contributed by atoms with Gasteiger partial charge in [0.15, 0.2) is 0 Å². The van der Waals surface area contributed by atoms with E-state index in [1.807, 2.05) is 55.5 Å². The number of aromatic amines is 1. The van der Waals surface area contributed by atoms with Crippen molar-refractivity contribution < 1.29 is 9.21 Å². The van der Waals surface area contributed by atoms with E-state index in [1.165, 1.54) is 0 Å². The zero-order valence-electron chi connectivity index (χ0n) is 12.7. The average Bonchev–Trinajstić information content (AvgIpc) is 3.16. The van der Waals surface area contributed by atoms with Gasteiger partial charge >= 0.3 is 0 Å². The first-order chi connectivity index (χ1) is 10.6. The minimum absolute atomic E-state index is 0.0776. The fourth-order valence-corrected chi connectivity index (χ4v) is 2.43. The Kier molecular flexibility index (Phi) is 3.98. The lowest BCUT2D eigenvalue weighted by Gasteiger charge is -2.11. The first kappa shape index (κ1) is 14.4. The standard InChI is InChI=1S/C17H19N3O2/c1-20(2)8-7-19-17(21)12-10-14(16-4-3-9-22-16)13-5-6-18-15(13)11-12/h3-6,9-11,18H,7-8H2,1-2H3,(H,19,21). The van der Waals surface area contributed by atoms with Gasteiger partial charge in [-0.2, -0.15) is 0 Å². The number of furan rings is 1. The second kappa shape index (κ2) is 6.07. The number of amides is 1. The molecule has 0 aliphatic heterocycles. The second-order valence-corrected chi connectivity index (χ2v) is 5.50. The molecule has 0 fully saturated rings. The zero-order chi connectivity index (χ0) is 15.5. The van der Waals surface area contributed by atoms with Gasteiger partial charge < -0.3 is 19.6 Å². The number of aromatic nitrogens is 1. The van der Waals surface area contributed by atoms with Crippen LogP contribution in [0.25, 0.3) is 22.2 Å². The van der Waals surface area contributed by atoms with Crippen LogP contribution in [-0.4, -0.2) is 43.0 Å². The van der Waals surface area contributed by atoms with E-state index in [0.29, 0.717) is 12.1 Å². The van der Waals surface area contributed by atoms with E-state index in [2.05, 4.69) is 10.3 Å². The second-order valence-electron chi connectivity index (χ2n) is 5.50. The molecule has 0 spiro atoms. The van der Waals surface area contributed by atoms with Gasteiger partial charge in [-0.05, 0) is 44.4 Å². The van der Waals surface area contributed by atoms with Gasteiger partial charge in [0.25, 0.3) is 5.91 Å². The summed E-state index contributed by atoms with van der Waals surface area (Å²) >= 11 is 0. The average molecular weight is 297 g/mol. The monoisotopic (exact) mass is 297 g/mol. The lowest BCUT2D eigenvalue weighted by molar-refractivity contribution is 0.0951. The van der Waals surface area contributed by atoms with Gasteiger partial charge in [0.1, 0.15) is 5.76 Å². The maximum atomic E-state index is 12.3. The number of fused-ring (bicyclic) bond motifs is 1. The Labute approximate surface area is 128 Å². The summed E-state index contributed by atoms with van der Waals surface area (Å²) in [5.74, 6) is 0.679. The summed E-state index contributed by atoms with van der Waals surface area (Å²) < 4.78 is 5.49. The molecule has 0 aliphatic carbocycles. The van der Waals surface area contributed by atoms with E-state index in [9.17, 15) is 4.79 Å². The van der Waals surface area contributed by atoms with Gasteiger partial charge in [0.05, 0.1) is 6.26 Å². The number of likely N-dealkylation sites (N-methyl/N-ethyl adjacent to an activating group) is 1. The fourth-order valence-electron chi connectivity index (χ4n) is 2.43. The maximum Gasteiger partial charge on any atom is 0.251 e. The van der Waals surface area contributed by atoms with Crippen LogP contribution in [0.4, 0.5) is 0 Å². The van der Waals surface area contributed by atoms with Crippen LogP contribution in [0, 0.1) is 0 Å². The molecule has 1 aromatic carbocycles. The van der Waals surface area contributed by atoms with Crippen molar-refractivity contribution in [2.24, 2.45) is 0 Å². The number of hydrogen-bond donors (Lipinski definition) is 2. The first-order valence-electron chi connectivity index (χ1n) is 7.23. The van der Waals surface area contributed by atoms with Crippen molar-refractivity contribution in [2.75, 3.05) is 27.2 Å². The Morgan fingerprint density at radius 2 is 2.18 bits per heavy atom. The third kappa shape index (κ3) is 2.89. The third-order valence-electron chi connectivity index (χ3n) is 3.56. The van der Waals surface area contributed by atoms with E-state index in [1.54, 1.807) is 6.26 Å². The molecule has 0 atom stereocenters. The molecule has 0 radical (unpaired) electrons. The molecule has 0 saturated heterocycles. The van der Waals surface area contributed by atoms with Crippen LogP contribution in [0.15, 0.2) is 47.2 Å². The fraction of sp³-hybridized carbons (Fsp3) is 0.235. The molecule has 3 aromatic rings. The smallest absolute Gasteiger partial charge is 0.251 e. The number of H-pyrrole nitrogens is 1. The largest absolute Gasteiger partial charge is 0.464 e. The molecule has 5 heteroatoms. The number of nitrogens with zero attached hydrogens (tertiary/aromatic N) is 1. The summed E-state index contributed by atoms with van der Waals surface area (Å²) in [6, 6.07) is 9.47. The number of carbonyl (C=O) groups is 1. The zero-order valence-corrected chi connectivity index (χ0v) is 12.7. The molecule has 2 aromatic heterocycles. The summed E-state index contributed by atoms with van der Waals surface area (Å²) in [5, 5.41) is 3.98. The number of rotatable bonds is 5. The van der Waals surface area contributed by atoms with Gasteiger partial charge in [-0.25, -0.2) is 0 Å². The number of nitrogens with one attached hydrogen (secondary N) is 2. The molecular formula is C17H19N3O2. The summed E-state index contributed by atoms with van der Waals surface area (Å²) in [6.45, 7) is 1.42. The van der Waals surface area contributed by atoms with Gasteiger partial charge in [0.2, 0.25) is 0 Å². The van der Waals surface area contributed by atoms with Crippen molar-refractivity contribution in [1.29, 1.82) is 0 Å². The molecular weight excluding hydrogens is 278 g/mol. The number of benzene rings is 1. The minimum Gasteiger partial charge on any atom is -0.464 e. The Morgan fingerprint density at radius 1 is 1.32 bits per heavy atom. The van der Waals surface area contributed by atoms with Crippen LogP contribution >= 0.6 is 0 Å². The predicted molar refractivity (Wildman–Crippen MR) is 86.9 cm³/mol. The van der Waals surface area contributed by atoms with E-state index in [0.717, 1.165) is 28.8 Å². The Balaban J connectivity index is 1.92. The maximum absolute atomic E-state index is 12.3. The molecule has 1 amide bonds. The molecule has 0 saturated carbocycles. The van der Waals surface area contributed by atoms with E-state index in [4.69, 9.17) is 4.42 Å². The van der Waals surface area contributed by atoms with Gasteiger partial charge in [0, 0.05) is 41.3 Å². The number of carbonyl (C=O) groups excluding carboxylic acids is 1. The van der Waals surface area contributed by atoms with E-state index < -0.39 is 0 Å². The SMILES string of the molecule is CN(C)CCNC(=O)c1cc(-c2ccco2)c2cc[nH]c2c1. The number of hydrogen-bond acceptors (Lipinski definition) is 3. The first-order valence-corrected chi connectivity index (χ1v) is 7.23. The lowest BCUT2D eigenvalue weighted by atomic mass is 10.0. The lowest BCUT2D eigenvalue weighted by Crippen LogP contribution is -2.31. The van der Waals surface area contributed by atoms with Crippen LogP contribution in [0.2, 0.25) is 0 Å². The summed E-state index contributed by atoms with van der Waals surface area (Å²) in [7, 11) is 3.96. The van der Waals surface area contributed by atoms with Crippen LogP contribution in [0.3, 0.4) is 0 Å². The van der Waals surface area contributed by atoms with Crippen molar-refractivity contribution in [2.45, 2.75) is 0 Å². The van der Waals surface area contributed by atoms with Crippen LogP contribution < -0.4 is 5.32 Å². The highest BCUT2D eigenvalue weighted by Gasteiger charge is 2.13. The van der Waals surface area contributed by atoms with Crippen molar-refractivity contribution >= 4 is 16.8 Å². The van der Waals surface area contributed by atoms with Crippen molar-refractivity contribution in [1.82, 2.24) is 15.2 Å². The van der Waals surface area contributed by atoms with E-state index in [-0.39, 0.29) is 5.91 Å². The summed E-state index contributed by atoms with van der Waals surface area (Å²) in [6.07, 6.45) is 3.50. The molecule has 3 rings (SSSR count). The van der Waals surface area contributed by atoms with Crippen molar-refractivity contribution in [3.8, 4) is 11.3 Å². The highest BCUT2D eigenvalue weighted by atomic mass is 16.3. The molecule has 0 unspecified atom stereocenters. The minimum atomic E-state index is -0.0776. The topological polar surface area (TPSA) is 61.3 Å². The van der Waals surface area contributed by atoms with Crippen LogP contribution in [-0.2, 0) is 0 Å². The molecule has 5 nitrogen and oxygen atoms in total. The van der Waals surface area contributed by atoms with Gasteiger partial charge in [-0.15, -0.1) is 0 Å². The molecule has 0 bridgehead atoms.